The van der Waals surface area contributed by atoms with Crippen molar-refractivity contribution in [3.8, 4) is 145 Å². The number of rotatable bonds is 7. The van der Waals surface area contributed by atoms with E-state index in [0.29, 0.717) is 0 Å². The van der Waals surface area contributed by atoms with E-state index in [2.05, 4.69) is 336 Å². The van der Waals surface area contributed by atoms with E-state index in [-0.39, 0.29) is 21.7 Å². The van der Waals surface area contributed by atoms with Gasteiger partial charge in [0.1, 0.15) is 0 Å². The fourth-order valence-corrected chi connectivity index (χ4v) is 16.7. The Labute approximate surface area is 554 Å². The molecule has 4 aliphatic rings. The summed E-state index contributed by atoms with van der Waals surface area (Å²) < 4.78 is 0. The average molecular weight is 1200 g/mol. The van der Waals surface area contributed by atoms with Gasteiger partial charge in [0.2, 0.25) is 0 Å². The number of fused-ring (bicyclic) bond motifs is 12. The predicted octanol–water partition coefficient (Wildman–Crippen LogP) is 26.2. The summed E-state index contributed by atoms with van der Waals surface area (Å²) in [5.41, 5.74) is 41.7. The van der Waals surface area contributed by atoms with Crippen LogP contribution in [0, 0.1) is 0 Å². The molecule has 0 unspecified atom stereocenters. The Morgan fingerprint density at radius 3 is 0.734 bits per heavy atom. The zero-order valence-corrected chi connectivity index (χ0v) is 55.4. The molecular weight excluding hydrogens is 1130 g/mol. The quantitative estimate of drug-likeness (QED) is 0.149. The van der Waals surface area contributed by atoms with E-state index < -0.39 is 0 Å². The minimum Gasteiger partial charge on any atom is -0.0610 e. The van der Waals surface area contributed by atoms with Gasteiger partial charge in [-0.1, -0.05) is 300 Å². The monoisotopic (exact) mass is 1200 g/mol. The summed E-state index contributed by atoms with van der Waals surface area (Å²) in [6.07, 6.45) is 0. The van der Waals surface area contributed by atoms with Gasteiger partial charge >= 0.3 is 0 Å². The first-order valence-electron chi connectivity index (χ1n) is 33.8. The highest BCUT2D eigenvalue weighted by Gasteiger charge is 2.39. The van der Waals surface area contributed by atoms with E-state index >= 15 is 0 Å². The van der Waals surface area contributed by atoms with Gasteiger partial charge in [0.25, 0.3) is 0 Å². The first-order valence-corrected chi connectivity index (χ1v) is 33.8. The molecule has 0 aliphatic heterocycles. The predicted molar refractivity (Wildman–Crippen MR) is 401 cm³/mol. The first kappa shape index (κ1) is 56.4. The lowest BCUT2D eigenvalue weighted by molar-refractivity contribution is 0.590. The van der Waals surface area contributed by atoms with E-state index in [1.54, 1.807) is 0 Å². The Kier molecular flexibility index (Phi) is 12.0. The number of hydrogen-bond acceptors (Lipinski definition) is 0. The fourth-order valence-electron chi connectivity index (χ4n) is 16.7. The molecule has 0 heterocycles. The maximum absolute atomic E-state index is 2.48. The second-order valence-corrected chi connectivity index (χ2v) is 30.4. The molecule has 18 rings (SSSR count). The third kappa shape index (κ3) is 8.51. The maximum atomic E-state index is 2.48. The molecule has 0 amide bonds. The minimum absolute atomic E-state index is 0.0957. The standard InChI is InChI=1S/C94H74/c1-91(2,3)67-37-43-71-81-47-45-69(77-13-11-15-79(89(77)81)83(71)53-67)61-29-25-58(26-30-61)56-19-17-55(18-20-56)57-21-23-59(24-22-57)63-33-39-73-75-41-35-65(51-87(75)93(7,8)85(73)49-63)66-36-42-76-74-40-34-64(50-86(74)94(9,10)88(76)52-66)60-27-31-62(32-28-60)70-46-48-82-72-44-38-68(92(4,5)6)54-84(72)80-16-12-14-78(70)90(80)82/h11-54H,1-10H3. The molecular formula is C94H74. The second kappa shape index (κ2) is 20.1. The van der Waals surface area contributed by atoms with Crippen molar-refractivity contribution >= 4 is 21.5 Å². The van der Waals surface area contributed by atoms with Crippen molar-refractivity contribution in [2.24, 2.45) is 0 Å². The van der Waals surface area contributed by atoms with Crippen molar-refractivity contribution < 1.29 is 0 Å². The Morgan fingerprint density at radius 1 is 0.191 bits per heavy atom. The SMILES string of the molecule is CC(C)(C)c1ccc2c(c1)-c1cccc3c(-c4ccc(-c5ccc(-c6ccc(-c7ccc8c(c7)C(C)(C)c7cc(-c9ccc%10c(c9)C(C)(C)c9cc(-c%11ccc(-c%12ccc%13c%14c(cccc%12%14)-c%12cc(C(C)(C)C)ccc%12-%13)cc%11)ccc9-%10)ccc7-8)cc6)cc5)cc4)ccc-2c13. The smallest absolute Gasteiger partial charge is 0.0159 e. The Balaban J connectivity index is 0.559. The van der Waals surface area contributed by atoms with Crippen molar-refractivity contribution in [2.45, 2.75) is 90.9 Å². The van der Waals surface area contributed by atoms with Crippen LogP contribution in [-0.2, 0) is 21.7 Å². The molecule has 94 heavy (non-hydrogen) atoms. The van der Waals surface area contributed by atoms with E-state index in [0.717, 1.165) is 0 Å². The van der Waals surface area contributed by atoms with Crippen molar-refractivity contribution in [3.05, 3.63) is 300 Å². The Bertz CT molecular complexity index is 5550. The van der Waals surface area contributed by atoms with Gasteiger partial charge in [0.05, 0.1) is 0 Å². The van der Waals surface area contributed by atoms with Gasteiger partial charge in [-0.05, 0) is 247 Å². The molecule has 14 aromatic rings. The summed E-state index contributed by atoms with van der Waals surface area (Å²) in [4.78, 5) is 0. The van der Waals surface area contributed by atoms with Gasteiger partial charge < -0.3 is 0 Å². The molecule has 0 saturated carbocycles. The van der Waals surface area contributed by atoms with Crippen LogP contribution in [0.1, 0.15) is 103 Å². The number of benzene rings is 14. The number of hydrogen-bond donors (Lipinski definition) is 0. The lowest BCUT2D eigenvalue weighted by Crippen LogP contribution is -2.15. The van der Waals surface area contributed by atoms with E-state index in [1.807, 2.05) is 0 Å². The van der Waals surface area contributed by atoms with Crippen LogP contribution in [0.5, 0.6) is 0 Å². The summed E-state index contributed by atoms with van der Waals surface area (Å²) in [5.74, 6) is 0. The molecule has 0 fully saturated rings. The topological polar surface area (TPSA) is 0 Å². The second-order valence-electron chi connectivity index (χ2n) is 30.4. The van der Waals surface area contributed by atoms with Crippen LogP contribution in [0.2, 0.25) is 0 Å². The zero-order valence-electron chi connectivity index (χ0n) is 55.4. The van der Waals surface area contributed by atoms with Crippen LogP contribution in [0.4, 0.5) is 0 Å². The third-order valence-corrected chi connectivity index (χ3v) is 22.2. The van der Waals surface area contributed by atoms with Crippen LogP contribution in [0.25, 0.3) is 166 Å². The summed E-state index contributed by atoms with van der Waals surface area (Å²) in [6, 6.07) is 102. The normalized spacial score (nSPS) is 14.0. The van der Waals surface area contributed by atoms with E-state index in [4.69, 9.17) is 0 Å². The molecule has 14 aromatic carbocycles. The summed E-state index contributed by atoms with van der Waals surface area (Å²) in [6.45, 7) is 23.4. The summed E-state index contributed by atoms with van der Waals surface area (Å²) in [7, 11) is 0. The van der Waals surface area contributed by atoms with Gasteiger partial charge in [-0.3, -0.25) is 0 Å². The molecule has 450 valence electrons. The largest absolute Gasteiger partial charge is 0.0610 e. The third-order valence-electron chi connectivity index (χ3n) is 22.2. The molecule has 4 aliphatic carbocycles. The fraction of sp³-hybridized carbons (Fsp3) is 0.149. The van der Waals surface area contributed by atoms with Crippen molar-refractivity contribution in [1.82, 2.24) is 0 Å². The van der Waals surface area contributed by atoms with Crippen LogP contribution in [0.15, 0.2) is 267 Å². The molecule has 0 nitrogen and oxygen atoms in total. The molecule has 0 atom stereocenters. The zero-order chi connectivity index (χ0) is 63.9. The van der Waals surface area contributed by atoms with Crippen molar-refractivity contribution in [3.63, 3.8) is 0 Å². The maximum Gasteiger partial charge on any atom is 0.0159 e. The molecule has 0 radical (unpaired) electrons. The van der Waals surface area contributed by atoms with Crippen molar-refractivity contribution in [1.29, 1.82) is 0 Å². The van der Waals surface area contributed by atoms with E-state index in [1.165, 1.54) is 200 Å². The Hall–Kier alpha value is -10.4. The Morgan fingerprint density at radius 2 is 0.426 bits per heavy atom. The molecule has 0 saturated heterocycles. The van der Waals surface area contributed by atoms with Gasteiger partial charge in [-0.2, -0.15) is 0 Å². The lowest BCUT2D eigenvalue weighted by atomic mass is 9.79. The molecule has 0 heteroatoms. The van der Waals surface area contributed by atoms with Gasteiger partial charge in [0.15, 0.2) is 0 Å². The minimum atomic E-state index is -0.168. The van der Waals surface area contributed by atoms with Crippen LogP contribution in [-0.4, -0.2) is 0 Å². The van der Waals surface area contributed by atoms with Gasteiger partial charge in [-0.15, -0.1) is 0 Å². The molecule has 0 spiro atoms. The first-order chi connectivity index (χ1) is 45.3. The highest BCUT2D eigenvalue weighted by Crippen LogP contribution is 2.56. The van der Waals surface area contributed by atoms with Crippen LogP contribution < -0.4 is 0 Å². The molecule has 0 bridgehead atoms. The van der Waals surface area contributed by atoms with Crippen LogP contribution in [0.3, 0.4) is 0 Å². The average Bonchev–Trinajstić information content (AvgIpc) is 1.58. The van der Waals surface area contributed by atoms with E-state index in [9.17, 15) is 0 Å². The summed E-state index contributed by atoms with van der Waals surface area (Å²) >= 11 is 0. The highest BCUT2D eigenvalue weighted by molar-refractivity contribution is 6.20. The van der Waals surface area contributed by atoms with Crippen LogP contribution >= 0.6 is 0 Å². The molecule has 0 N–H and O–H groups in total. The van der Waals surface area contributed by atoms with Gasteiger partial charge in [-0.25, -0.2) is 0 Å². The molecule has 0 aromatic heterocycles. The van der Waals surface area contributed by atoms with Crippen molar-refractivity contribution in [2.75, 3.05) is 0 Å². The highest BCUT2D eigenvalue weighted by atomic mass is 14.4. The summed E-state index contributed by atoms with van der Waals surface area (Å²) in [5, 5.41) is 5.37. The van der Waals surface area contributed by atoms with Gasteiger partial charge in [0, 0.05) is 10.8 Å². The lowest BCUT2D eigenvalue weighted by Gasteiger charge is -2.24.